The lowest BCUT2D eigenvalue weighted by atomic mass is 10.3. The van der Waals surface area contributed by atoms with Gasteiger partial charge in [0, 0.05) is 13.5 Å². The molecule has 0 heterocycles. The number of methoxy groups -OCH3 is 1. The molecule has 0 bridgehead atoms. The fourth-order valence-electron chi connectivity index (χ4n) is 0.548. The van der Waals surface area contributed by atoms with Gasteiger partial charge in [-0.1, -0.05) is 13.3 Å². The van der Waals surface area contributed by atoms with E-state index in [1.54, 1.807) is 7.11 Å². The minimum Gasteiger partial charge on any atom is -0.353 e. The molecule has 0 spiro atoms. The molecule has 56 valence electrons. The number of hydrogen-bond donors (Lipinski definition) is 0. The largest absolute Gasteiger partial charge is 0.353 e. The Morgan fingerprint density at radius 1 is 1.33 bits per heavy atom. The van der Waals surface area contributed by atoms with E-state index in [0.29, 0.717) is 0 Å². The molecular formula is C6H14O3. The Morgan fingerprint density at radius 2 is 2.00 bits per heavy atom. The highest BCUT2D eigenvalue weighted by Gasteiger charge is 2.04. The Bertz CT molecular complexity index is 50.3. The minimum atomic E-state index is -0.208. The van der Waals surface area contributed by atoms with Crippen molar-refractivity contribution in [3.8, 4) is 0 Å². The Labute approximate surface area is 55.8 Å². The van der Waals surface area contributed by atoms with Crippen LogP contribution >= 0.6 is 0 Å². The van der Waals surface area contributed by atoms with E-state index in [1.165, 1.54) is 7.11 Å². The Morgan fingerprint density at radius 3 is 2.33 bits per heavy atom. The standard InChI is InChI=1S/C6H14O3/c1-4-5-6(7-2)9-8-3/h6H,4-5H2,1-3H3. The second kappa shape index (κ2) is 6.01. The highest BCUT2D eigenvalue weighted by molar-refractivity contribution is 4.36. The quantitative estimate of drug-likeness (QED) is 0.322. The normalized spacial score (nSPS) is 13.7. The molecule has 3 nitrogen and oxygen atoms in total. The van der Waals surface area contributed by atoms with E-state index in [9.17, 15) is 0 Å². The monoisotopic (exact) mass is 134 g/mol. The molecule has 0 saturated carbocycles. The second-order valence-electron chi connectivity index (χ2n) is 1.72. The molecule has 3 heteroatoms. The van der Waals surface area contributed by atoms with Gasteiger partial charge in [0.15, 0.2) is 6.29 Å². The second-order valence-corrected chi connectivity index (χ2v) is 1.72. The van der Waals surface area contributed by atoms with Crippen LogP contribution in [0.4, 0.5) is 0 Å². The van der Waals surface area contributed by atoms with Crippen LogP contribution in [0.5, 0.6) is 0 Å². The van der Waals surface area contributed by atoms with E-state index in [4.69, 9.17) is 9.62 Å². The third-order valence-electron chi connectivity index (χ3n) is 0.991. The van der Waals surface area contributed by atoms with Crippen LogP contribution in [-0.4, -0.2) is 20.5 Å². The first kappa shape index (κ1) is 8.88. The van der Waals surface area contributed by atoms with Crippen molar-refractivity contribution >= 4 is 0 Å². The van der Waals surface area contributed by atoms with Crippen LogP contribution in [0.3, 0.4) is 0 Å². The van der Waals surface area contributed by atoms with Crippen molar-refractivity contribution in [2.75, 3.05) is 14.2 Å². The number of rotatable bonds is 5. The van der Waals surface area contributed by atoms with Crippen LogP contribution in [0.2, 0.25) is 0 Å². The fourth-order valence-corrected chi connectivity index (χ4v) is 0.548. The van der Waals surface area contributed by atoms with Crippen LogP contribution in [0, 0.1) is 0 Å². The third kappa shape index (κ3) is 4.39. The van der Waals surface area contributed by atoms with E-state index >= 15 is 0 Å². The van der Waals surface area contributed by atoms with Crippen molar-refractivity contribution < 1.29 is 14.5 Å². The summed E-state index contributed by atoms with van der Waals surface area (Å²) in [5.41, 5.74) is 0. The van der Waals surface area contributed by atoms with Gasteiger partial charge in [-0.3, -0.25) is 0 Å². The molecule has 0 fully saturated rings. The maximum Gasteiger partial charge on any atom is 0.190 e. The van der Waals surface area contributed by atoms with Crippen LogP contribution in [-0.2, 0) is 14.5 Å². The Kier molecular flexibility index (Phi) is 5.93. The topological polar surface area (TPSA) is 27.7 Å². The van der Waals surface area contributed by atoms with Gasteiger partial charge in [-0.05, 0) is 0 Å². The molecule has 0 aromatic heterocycles. The fraction of sp³-hybridized carbons (Fsp3) is 1.00. The van der Waals surface area contributed by atoms with E-state index < -0.39 is 0 Å². The lowest BCUT2D eigenvalue weighted by Crippen LogP contribution is -2.13. The van der Waals surface area contributed by atoms with Gasteiger partial charge in [0.2, 0.25) is 0 Å². The summed E-state index contributed by atoms with van der Waals surface area (Å²) < 4.78 is 4.88. The van der Waals surface area contributed by atoms with Crippen molar-refractivity contribution in [1.82, 2.24) is 0 Å². The zero-order valence-electron chi connectivity index (χ0n) is 6.22. The highest BCUT2D eigenvalue weighted by Crippen LogP contribution is 2.01. The molecule has 0 aliphatic carbocycles. The maximum atomic E-state index is 4.88. The summed E-state index contributed by atoms with van der Waals surface area (Å²) in [6.07, 6.45) is 1.69. The summed E-state index contributed by atoms with van der Waals surface area (Å²) in [4.78, 5) is 9.13. The molecule has 1 atom stereocenters. The van der Waals surface area contributed by atoms with Gasteiger partial charge in [0.05, 0.1) is 7.11 Å². The first-order valence-electron chi connectivity index (χ1n) is 3.07. The maximum absolute atomic E-state index is 4.88. The lowest BCUT2D eigenvalue weighted by Gasteiger charge is -2.11. The zero-order chi connectivity index (χ0) is 7.11. The predicted octanol–water partition coefficient (Wildman–Crippen LogP) is 1.34. The Hall–Kier alpha value is -0.120. The number of hydrogen-bond acceptors (Lipinski definition) is 3. The van der Waals surface area contributed by atoms with E-state index in [-0.39, 0.29) is 6.29 Å². The molecular weight excluding hydrogens is 120 g/mol. The average Bonchev–Trinajstić information content (AvgIpc) is 1.88. The molecule has 0 aromatic carbocycles. The molecule has 0 rings (SSSR count). The predicted molar refractivity (Wildman–Crippen MR) is 33.8 cm³/mol. The summed E-state index contributed by atoms with van der Waals surface area (Å²) in [6, 6.07) is 0. The average molecular weight is 134 g/mol. The SMILES string of the molecule is CCCC(OC)OOC. The van der Waals surface area contributed by atoms with E-state index in [0.717, 1.165) is 12.8 Å². The molecule has 1 unspecified atom stereocenters. The first-order valence-corrected chi connectivity index (χ1v) is 3.07. The third-order valence-corrected chi connectivity index (χ3v) is 0.991. The minimum absolute atomic E-state index is 0.208. The van der Waals surface area contributed by atoms with Crippen molar-refractivity contribution in [2.24, 2.45) is 0 Å². The van der Waals surface area contributed by atoms with Gasteiger partial charge in [0.25, 0.3) is 0 Å². The highest BCUT2D eigenvalue weighted by atomic mass is 17.2. The molecule has 9 heavy (non-hydrogen) atoms. The van der Waals surface area contributed by atoms with Crippen molar-refractivity contribution in [3.05, 3.63) is 0 Å². The van der Waals surface area contributed by atoms with Gasteiger partial charge in [-0.25, -0.2) is 9.78 Å². The summed E-state index contributed by atoms with van der Waals surface area (Å²) in [5.74, 6) is 0. The van der Waals surface area contributed by atoms with Gasteiger partial charge in [-0.2, -0.15) is 0 Å². The molecule has 0 amide bonds. The van der Waals surface area contributed by atoms with Gasteiger partial charge in [0.1, 0.15) is 0 Å². The lowest BCUT2D eigenvalue weighted by molar-refractivity contribution is -0.360. The van der Waals surface area contributed by atoms with E-state index in [1.807, 2.05) is 0 Å². The zero-order valence-corrected chi connectivity index (χ0v) is 6.22. The Balaban J connectivity index is 3.18. The summed E-state index contributed by atoms with van der Waals surface area (Å²) in [7, 11) is 3.07. The van der Waals surface area contributed by atoms with Gasteiger partial charge in [-0.15, -0.1) is 0 Å². The summed E-state index contributed by atoms with van der Waals surface area (Å²) in [5, 5.41) is 0. The van der Waals surface area contributed by atoms with Crippen LogP contribution in [0.1, 0.15) is 19.8 Å². The summed E-state index contributed by atoms with van der Waals surface area (Å²) >= 11 is 0. The van der Waals surface area contributed by atoms with Crippen LogP contribution in [0.15, 0.2) is 0 Å². The van der Waals surface area contributed by atoms with Crippen LogP contribution < -0.4 is 0 Å². The molecule has 0 aliphatic heterocycles. The molecule has 0 N–H and O–H groups in total. The molecule has 0 aliphatic rings. The number of ether oxygens (including phenoxy) is 1. The van der Waals surface area contributed by atoms with Crippen LogP contribution in [0.25, 0.3) is 0 Å². The first-order chi connectivity index (χ1) is 4.35. The van der Waals surface area contributed by atoms with Crippen molar-refractivity contribution in [2.45, 2.75) is 26.1 Å². The van der Waals surface area contributed by atoms with Crippen molar-refractivity contribution in [3.63, 3.8) is 0 Å². The van der Waals surface area contributed by atoms with Crippen molar-refractivity contribution in [1.29, 1.82) is 0 Å². The summed E-state index contributed by atoms with van der Waals surface area (Å²) in [6.45, 7) is 2.06. The molecule has 0 saturated heterocycles. The van der Waals surface area contributed by atoms with E-state index in [2.05, 4.69) is 11.8 Å². The van der Waals surface area contributed by atoms with Gasteiger partial charge >= 0.3 is 0 Å². The van der Waals surface area contributed by atoms with Gasteiger partial charge < -0.3 is 4.74 Å². The smallest absolute Gasteiger partial charge is 0.190 e. The molecule has 0 aromatic rings. The molecule has 0 radical (unpaired) electrons.